The van der Waals surface area contributed by atoms with Crippen LogP contribution in [0.5, 0.6) is 0 Å². The molecule has 3 aromatic heterocycles. The highest BCUT2D eigenvalue weighted by Crippen LogP contribution is 2.46. The average Bonchev–Trinajstić information content (AvgIpc) is 3.91. The first-order valence-corrected chi connectivity index (χ1v) is 22.2. The summed E-state index contributed by atoms with van der Waals surface area (Å²) in [7, 11) is 0. The fourth-order valence-corrected chi connectivity index (χ4v) is 11.0. The summed E-state index contributed by atoms with van der Waals surface area (Å²) in [5, 5.41) is 22.1. The molecule has 0 aliphatic carbocycles. The van der Waals surface area contributed by atoms with Crippen molar-refractivity contribution in [3.05, 3.63) is 102 Å². The lowest BCUT2D eigenvalue weighted by molar-refractivity contribution is -0.132. The number of aryl methyl sites for hydroxylation is 6. The number of hydrogen-bond acceptors (Lipinski definition) is 4. The molecule has 3 aromatic carbocycles. The van der Waals surface area contributed by atoms with Gasteiger partial charge >= 0.3 is 5.97 Å². The number of nitrogens with zero attached hydrogens (tertiary/aromatic N) is 2. The summed E-state index contributed by atoms with van der Waals surface area (Å²) < 4.78 is 2.53. The van der Waals surface area contributed by atoms with Crippen LogP contribution in [0.3, 0.4) is 0 Å². The normalized spacial score (nSPS) is 12.0. The molecule has 6 aromatic rings. The van der Waals surface area contributed by atoms with Crippen LogP contribution >= 0.6 is 22.7 Å². The van der Waals surface area contributed by atoms with Gasteiger partial charge in [-0.15, -0.1) is 22.7 Å². The highest BCUT2D eigenvalue weighted by molar-refractivity contribution is 7.24. The van der Waals surface area contributed by atoms with E-state index < -0.39 is 5.97 Å². The predicted molar refractivity (Wildman–Crippen MR) is 242 cm³/mol. The van der Waals surface area contributed by atoms with Crippen molar-refractivity contribution in [3.8, 4) is 32.0 Å². The number of carboxylic acids is 1. The van der Waals surface area contributed by atoms with E-state index in [1.165, 1.54) is 123 Å². The molecule has 56 heavy (non-hydrogen) atoms. The summed E-state index contributed by atoms with van der Waals surface area (Å²) in [6.45, 7) is 22.7. The van der Waals surface area contributed by atoms with Gasteiger partial charge in [-0.25, -0.2) is 4.79 Å². The number of unbranched alkanes of at least 4 members (excludes halogenated alkanes) is 6. The quantitative estimate of drug-likeness (QED) is 0.0641. The van der Waals surface area contributed by atoms with Crippen molar-refractivity contribution in [1.29, 1.82) is 5.26 Å². The summed E-state index contributed by atoms with van der Waals surface area (Å²) in [5.74, 6) is -1.18. The van der Waals surface area contributed by atoms with E-state index in [-0.39, 0.29) is 5.57 Å². The maximum atomic E-state index is 11.9. The fourth-order valence-electron chi connectivity index (χ4n) is 8.50. The molecule has 292 valence electrons. The number of fused-ring (bicyclic) bond motifs is 3. The molecule has 0 atom stereocenters. The molecular weight excluding hydrogens is 725 g/mol. The number of hydrogen-bond donors (Lipinski definition) is 1. The lowest BCUT2D eigenvalue weighted by Crippen LogP contribution is -2.01. The van der Waals surface area contributed by atoms with E-state index in [1.807, 2.05) is 17.4 Å². The first-order valence-electron chi connectivity index (χ1n) is 20.6. The molecule has 6 heteroatoms. The van der Waals surface area contributed by atoms with Crippen LogP contribution in [0.25, 0.3) is 53.8 Å². The third-order valence-corrected chi connectivity index (χ3v) is 15.0. The lowest BCUT2D eigenvalue weighted by Gasteiger charge is -2.16. The second-order valence-electron chi connectivity index (χ2n) is 15.9. The summed E-state index contributed by atoms with van der Waals surface area (Å²) >= 11 is 3.47. The molecular formula is C50H58N2O2S2. The second-order valence-corrected chi connectivity index (χ2v) is 18.0. The molecule has 0 radical (unpaired) electrons. The van der Waals surface area contributed by atoms with Gasteiger partial charge in [-0.2, -0.15) is 5.26 Å². The Morgan fingerprint density at radius 1 is 0.661 bits per heavy atom. The highest BCUT2D eigenvalue weighted by atomic mass is 32.1. The Bertz CT molecular complexity index is 2440. The maximum Gasteiger partial charge on any atom is 0.346 e. The largest absolute Gasteiger partial charge is 0.477 e. The summed E-state index contributed by atoms with van der Waals surface area (Å²) in [6, 6.07) is 15.8. The third kappa shape index (κ3) is 7.65. The van der Waals surface area contributed by atoms with E-state index in [2.05, 4.69) is 110 Å². The zero-order valence-electron chi connectivity index (χ0n) is 35.2. The molecule has 0 saturated carbocycles. The topological polar surface area (TPSA) is 66.0 Å². The first-order chi connectivity index (χ1) is 26.8. The molecule has 6 rings (SSSR count). The summed E-state index contributed by atoms with van der Waals surface area (Å²) in [4.78, 5) is 16.4. The number of thiophene rings is 2. The average molecular weight is 783 g/mol. The smallest absolute Gasteiger partial charge is 0.346 e. The van der Waals surface area contributed by atoms with E-state index in [0.29, 0.717) is 0 Å². The number of rotatable bonds is 15. The zero-order valence-corrected chi connectivity index (χ0v) is 36.8. The van der Waals surface area contributed by atoms with Crippen molar-refractivity contribution in [2.75, 3.05) is 0 Å². The molecule has 0 aliphatic heterocycles. The van der Waals surface area contributed by atoms with Crippen LogP contribution in [0.4, 0.5) is 0 Å². The molecule has 0 saturated heterocycles. The molecule has 0 amide bonds. The number of carboxylic acid groups (broad SMARTS) is 1. The van der Waals surface area contributed by atoms with E-state index in [4.69, 9.17) is 0 Å². The van der Waals surface area contributed by atoms with Crippen molar-refractivity contribution in [2.45, 2.75) is 133 Å². The molecule has 0 aliphatic rings. The van der Waals surface area contributed by atoms with Crippen molar-refractivity contribution in [2.24, 2.45) is 0 Å². The Labute approximate surface area is 342 Å². The SMILES string of the molecule is CCCCCCc1cc(-c2sc(-c3ccc(-n4c5c(C)c(C)c(C)c(C)c5c5c(C)c(C)c(C)c(C)c54)cc3)cc2CCCCCC)sc1/C=C(/C#N)C(=O)O. The van der Waals surface area contributed by atoms with Crippen LogP contribution in [-0.2, 0) is 17.6 Å². The number of aliphatic carboxylic acids is 1. The van der Waals surface area contributed by atoms with Crippen LogP contribution < -0.4 is 0 Å². The Kier molecular flexibility index (Phi) is 12.8. The van der Waals surface area contributed by atoms with Crippen LogP contribution in [0.2, 0.25) is 0 Å². The summed E-state index contributed by atoms with van der Waals surface area (Å²) in [6.07, 6.45) is 12.8. The second kappa shape index (κ2) is 17.4. The van der Waals surface area contributed by atoms with Gasteiger partial charge in [-0.3, -0.25) is 0 Å². The van der Waals surface area contributed by atoms with Crippen LogP contribution in [-0.4, -0.2) is 15.6 Å². The molecule has 0 bridgehead atoms. The van der Waals surface area contributed by atoms with Gasteiger partial charge < -0.3 is 9.67 Å². The molecule has 0 unspecified atom stereocenters. The number of benzene rings is 3. The van der Waals surface area contributed by atoms with E-state index in [0.717, 1.165) is 49.0 Å². The minimum absolute atomic E-state index is 0.213. The van der Waals surface area contributed by atoms with E-state index in [9.17, 15) is 15.2 Å². The molecule has 0 spiro atoms. The van der Waals surface area contributed by atoms with Gasteiger partial charge in [0, 0.05) is 36.0 Å². The predicted octanol–water partition coefficient (Wildman–Crippen LogP) is 14.9. The molecule has 4 nitrogen and oxygen atoms in total. The lowest BCUT2D eigenvalue weighted by atomic mass is 9.90. The Morgan fingerprint density at radius 2 is 1.16 bits per heavy atom. The monoisotopic (exact) mass is 782 g/mol. The van der Waals surface area contributed by atoms with Crippen molar-refractivity contribution >= 4 is 56.5 Å². The van der Waals surface area contributed by atoms with Crippen molar-refractivity contribution < 1.29 is 9.90 Å². The molecule has 3 heterocycles. The number of nitriles is 1. The number of aromatic nitrogens is 1. The fraction of sp³-hybridized carbons (Fsp3) is 0.400. The standard InChI is InChI=1S/C50H58N2O2S2/c1-11-13-15-17-19-38-25-44(55-43(38)27-40(28-51)50(53)54)49-39(20-18-16-14-12-2)26-42(56-49)37-21-23-41(24-22-37)52-47-35(9)31(5)29(3)33(7)45(47)46-34(8)30(4)32(6)36(10)48(46)52/h21-27H,11-20H2,1-10H3,(H,53,54)/b40-27-. The van der Waals surface area contributed by atoms with Gasteiger partial charge in [-0.1, -0.05) is 64.5 Å². The van der Waals surface area contributed by atoms with Gasteiger partial charge in [0.1, 0.15) is 11.6 Å². The summed E-state index contributed by atoms with van der Waals surface area (Å²) in [5.41, 5.74) is 18.2. The van der Waals surface area contributed by atoms with Crippen LogP contribution in [0.1, 0.15) is 126 Å². The number of carbonyl (C=O) groups is 1. The van der Waals surface area contributed by atoms with Crippen LogP contribution in [0.15, 0.2) is 42.0 Å². The highest BCUT2D eigenvalue weighted by Gasteiger charge is 2.24. The molecule has 1 N–H and O–H groups in total. The maximum absolute atomic E-state index is 11.9. The Morgan fingerprint density at radius 3 is 1.66 bits per heavy atom. The van der Waals surface area contributed by atoms with E-state index >= 15 is 0 Å². The van der Waals surface area contributed by atoms with Crippen LogP contribution in [0, 0.1) is 66.7 Å². The minimum Gasteiger partial charge on any atom is -0.477 e. The van der Waals surface area contributed by atoms with Crippen molar-refractivity contribution in [1.82, 2.24) is 4.57 Å². The third-order valence-electron chi connectivity index (χ3n) is 12.5. The first kappa shape index (κ1) is 41.2. The van der Waals surface area contributed by atoms with Gasteiger partial charge in [0.25, 0.3) is 0 Å². The Hall–Kier alpha value is -4.44. The van der Waals surface area contributed by atoms with E-state index in [1.54, 1.807) is 17.4 Å². The van der Waals surface area contributed by atoms with Gasteiger partial charge in [0.05, 0.1) is 11.0 Å². The van der Waals surface area contributed by atoms with Gasteiger partial charge in [0.15, 0.2) is 0 Å². The van der Waals surface area contributed by atoms with Gasteiger partial charge in [-0.05, 0) is 173 Å². The Balaban J connectivity index is 1.48. The van der Waals surface area contributed by atoms with Gasteiger partial charge in [0.2, 0.25) is 0 Å². The molecule has 0 fully saturated rings. The zero-order chi connectivity index (χ0) is 40.4. The van der Waals surface area contributed by atoms with Crippen molar-refractivity contribution in [3.63, 3.8) is 0 Å². The minimum atomic E-state index is -1.18.